The van der Waals surface area contributed by atoms with Crippen LogP contribution in [-0.4, -0.2) is 63.8 Å². The van der Waals surface area contributed by atoms with Gasteiger partial charge in [0.2, 0.25) is 5.91 Å². The van der Waals surface area contributed by atoms with E-state index in [0.29, 0.717) is 24.8 Å². The number of amides is 1. The molecule has 0 aromatic carbocycles. The smallest absolute Gasteiger partial charge is 0.290 e. The molecular formula is C23H29N5O4. The van der Waals surface area contributed by atoms with E-state index in [-0.39, 0.29) is 24.1 Å². The molecule has 3 aliphatic rings. The Kier molecular flexibility index (Phi) is 6.36. The standard InChI is InChI=1S/C22H27N5O2.CH2O2/c1-14-7-16(8-15(2)26-14)9-21(28)25-10-17-18-12-27(20-11-23-5-6-24-20)13-22(18)4-3-19(17)29-22;2-1-3/h5-8,11,17-19H,3-4,9-10,12-13H2,1-2H3,(H,25,28);1H,(H,2,3)/t17-,18+,19+,22+;/m0./s1. The maximum Gasteiger partial charge on any atom is 0.290 e. The second-order valence-corrected chi connectivity index (χ2v) is 8.82. The van der Waals surface area contributed by atoms with E-state index in [1.807, 2.05) is 32.2 Å². The first-order chi connectivity index (χ1) is 15.4. The van der Waals surface area contributed by atoms with Crippen LogP contribution >= 0.6 is 0 Å². The summed E-state index contributed by atoms with van der Waals surface area (Å²) in [7, 11) is 0. The van der Waals surface area contributed by atoms with E-state index in [2.05, 4.69) is 25.2 Å². The zero-order valence-electron chi connectivity index (χ0n) is 18.4. The summed E-state index contributed by atoms with van der Waals surface area (Å²) in [6.07, 6.45) is 8.08. The van der Waals surface area contributed by atoms with E-state index in [4.69, 9.17) is 14.6 Å². The number of rotatable bonds is 5. The summed E-state index contributed by atoms with van der Waals surface area (Å²) in [6.45, 7) is 6.13. The first-order valence-electron chi connectivity index (χ1n) is 10.9. The maximum atomic E-state index is 12.6. The first-order valence-corrected chi connectivity index (χ1v) is 10.9. The minimum absolute atomic E-state index is 0.0654. The van der Waals surface area contributed by atoms with Crippen LogP contribution in [0.1, 0.15) is 29.8 Å². The number of ether oxygens (including phenoxy) is 1. The first kappa shape index (κ1) is 22.1. The number of nitrogens with zero attached hydrogens (tertiary/aromatic N) is 4. The molecule has 9 nitrogen and oxygen atoms in total. The summed E-state index contributed by atoms with van der Waals surface area (Å²) in [4.78, 5) is 36.3. The molecule has 2 aromatic rings. The van der Waals surface area contributed by atoms with Gasteiger partial charge in [0.25, 0.3) is 6.47 Å². The van der Waals surface area contributed by atoms with Gasteiger partial charge in [0.15, 0.2) is 0 Å². The Morgan fingerprint density at radius 2 is 2.09 bits per heavy atom. The lowest BCUT2D eigenvalue weighted by Gasteiger charge is -2.29. The summed E-state index contributed by atoms with van der Waals surface area (Å²) >= 11 is 0. The average molecular weight is 440 g/mol. The van der Waals surface area contributed by atoms with Gasteiger partial charge in [0, 0.05) is 55.3 Å². The van der Waals surface area contributed by atoms with Crippen molar-refractivity contribution in [3.05, 3.63) is 47.7 Å². The van der Waals surface area contributed by atoms with Crippen molar-refractivity contribution in [1.29, 1.82) is 0 Å². The Labute approximate surface area is 187 Å². The molecule has 5 rings (SSSR count). The monoisotopic (exact) mass is 439 g/mol. The van der Waals surface area contributed by atoms with Gasteiger partial charge < -0.3 is 20.1 Å². The van der Waals surface area contributed by atoms with Gasteiger partial charge >= 0.3 is 0 Å². The molecule has 0 radical (unpaired) electrons. The van der Waals surface area contributed by atoms with Crippen LogP contribution in [0.5, 0.6) is 0 Å². The number of fused-ring (bicyclic) bond motifs is 1. The summed E-state index contributed by atoms with van der Waals surface area (Å²) in [5.41, 5.74) is 2.83. The zero-order chi connectivity index (χ0) is 22.7. The lowest BCUT2D eigenvalue weighted by Crippen LogP contribution is -2.42. The van der Waals surface area contributed by atoms with Crippen molar-refractivity contribution in [3.8, 4) is 0 Å². The summed E-state index contributed by atoms with van der Waals surface area (Å²) in [5, 5.41) is 10.1. The molecule has 2 aromatic heterocycles. The summed E-state index contributed by atoms with van der Waals surface area (Å²) in [5.74, 6) is 1.76. The van der Waals surface area contributed by atoms with Crippen LogP contribution in [0.25, 0.3) is 0 Å². The van der Waals surface area contributed by atoms with Crippen LogP contribution < -0.4 is 10.2 Å². The normalized spacial score (nSPS) is 27.4. The molecule has 1 amide bonds. The van der Waals surface area contributed by atoms with Crippen LogP contribution in [0.3, 0.4) is 0 Å². The van der Waals surface area contributed by atoms with E-state index in [0.717, 1.165) is 48.7 Å². The van der Waals surface area contributed by atoms with E-state index in [1.54, 1.807) is 12.4 Å². The number of anilines is 1. The Balaban J connectivity index is 0.000000775. The predicted molar refractivity (Wildman–Crippen MR) is 117 cm³/mol. The number of hydrogen-bond donors (Lipinski definition) is 2. The molecule has 0 unspecified atom stereocenters. The fourth-order valence-corrected chi connectivity index (χ4v) is 5.60. The number of aryl methyl sites for hydroxylation is 2. The van der Waals surface area contributed by atoms with Crippen molar-refractivity contribution in [3.63, 3.8) is 0 Å². The molecule has 32 heavy (non-hydrogen) atoms. The van der Waals surface area contributed by atoms with Crippen molar-refractivity contribution >= 4 is 18.2 Å². The Morgan fingerprint density at radius 3 is 2.78 bits per heavy atom. The minimum Gasteiger partial charge on any atom is -0.483 e. The third kappa shape index (κ3) is 4.43. The van der Waals surface area contributed by atoms with Gasteiger partial charge in [-0.3, -0.25) is 19.6 Å². The predicted octanol–water partition coefficient (Wildman–Crippen LogP) is 1.53. The molecule has 170 valence electrons. The summed E-state index contributed by atoms with van der Waals surface area (Å²) in [6, 6.07) is 3.97. The Morgan fingerprint density at radius 1 is 1.34 bits per heavy atom. The number of aromatic nitrogens is 3. The van der Waals surface area contributed by atoms with Crippen LogP contribution in [0, 0.1) is 25.7 Å². The van der Waals surface area contributed by atoms with Gasteiger partial charge in [-0.15, -0.1) is 0 Å². The lowest BCUT2D eigenvalue weighted by atomic mass is 9.73. The third-order valence-corrected chi connectivity index (χ3v) is 6.70. The van der Waals surface area contributed by atoms with Gasteiger partial charge in [-0.05, 0) is 44.4 Å². The highest BCUT2D eigenvalue weighted by atomic mass is 16.5. The van der Waals surface area contributed by atoms with E-state index in [9.17, 15) is 4.79 Å². The largest absolute Gasteiger partial charge is 0.483 e. The van der Waals surface area contributed by atoms with Gasteiger partial charge in [0.1, 0.15) is 5.82 Å². The van der Waals surface area contributed by atoms with Crippen LogP contribution in [0.2, 0.25) is 0 Å². The van der Waals surface area contributed by atoms with Gasteiger partial charge in [-0.2, -0.15) is 0 Å². The van der Waals surface area contributed by atoms with E-state index in [1.165, 1.54) is 0 Å². The van der Waals surface area contributed by atoms with Crippen LogP contribution in [-0.2, 0) is 20.7 Å². The van der Waals surface area contributed by atoms with Crippen molar-refractivity contribution in [2.24, 2.45) is 11.8 Å². The van der Waals surface area contributed by atoms with Crippen molar-refractivity contribution in [1.82, 2.24) is 20.3 Å². The maximum absolute atomic E-state index is 12.6. The van der Waals surface area contributed by atoms with Crippen molar-refractivity contribution < 1.29 is 19.4 Å². The molecule has 0 saturated carbocycles. The van der Waals surface area contributed by atoms with Crippen molar-refractivity contribution in [2.45, 2.75) is 44.8 Å². The zero-order valence-corrected chi connectivity index (χ0v) is 18.4. The number of hydrogen-bond acceptors (Lipinski definition) is 7. The highest BCUT2D eigenvalue weighted by Gasteiger charge is 2.63. The molecule has 0 aliphatic carbocycles. The van der Waals surface area contributed by atoms with Crippen molar-refractivity contribution in [2.75, 3.05) is 24.5 Å². The SMILES string of the molecule is Cc1cc(CC(=O)NC[C@H]2[C@H]3CN(c4cnccn4)C[C@]34CC[C@H]2O4)cc(C)n1.O=CO. The molecule has 3 aliphatic heterocycles. The molecule has 9 heteroatoms. The summed E-state index contributed by atoms with van der Waals surface area (Å²) < 4.78 is 6.48. The second-order valence-electron chi connectivity index (χ2n) is 8.82. The van der Waals surface area contributed by atoms with E-state index >= 15 is 0 Å². The van der Waals surface area contributed by atoms with Gasteiger partial charge in [0.05, 0.1) is 24.3 Å². The Hall–Kier alpha value is -3.07. The molecule has 2 bridgehead atoms. The number of carboxylic acid groups (broad SMARTS) is 1. The lowest BCUT2D eigenvalue weighted by molar-refractivity contribution is -0.123. The van der Waals surface area contributed by atoms with Gasteiger partial charge in [-0.1, -0.05) is 0 Å². The molecule has 3 fully saturated rings. The number of carbonyl (C=O) groups is 2. The fraction of sp³-hybridized carbons (Fsp3) is 0.522. The van der Waals surface area contributed by atoms with Gasteiger partial charge in [-0.25, -0.2) is 4.98 Å². The molecule has 3 saturated heterocycles. The second kappa shape index (κ2) is 9.20. The molecule has 2 N–H and O–H groups in total. The average Bonchev–Trinajstić information content (AvgIpc) is 3.41. The van der Waals surface area contributed by atoms with E-state index < -0.39 is 0 Å². The molecule has 4 atom stereocenters. The fourth-order valence-electron chi connectivity index (χ4n) is 5.60. The minimum atomic E-state index is -0.250. The molecule has 5 heterocycles. The van der Waals surface area contributed by atoms with Crippen LogP contribution in [0.15, 0.2) is 30.7 Å². The Bertz CT molecular complexity index is 952. The van der Waals surface area contributed by atoms with Crippen LogP contribution in [0.4, 0.5) is 5.82 Å². The molecular weight excluding hydrogens is 410 g/mol. The highest BCUT2D eigenvalue weighted by molar-refractivity contribution is 5.78. The third-order valence-electron chi connectivity index (χ3n) is 6.70. The molecule has 1 spiro atoms. The quantitative estimate of drug-likeness (QED) is 0.674. The topological polar surface area (TPSA) is 118 Å². The number of carbonyl (C=O) groups excluding carboxylic acids is 1. The number of nitrogens with one attached hydrogen (secondary N) is 1. The number of pyridine rings is 1. The highest BCUT2D eigenvalue weighted by Crippen LogP contribution is 2.55.